The summed E-state index contributed by atoms with van der Waals surface area (Å²) in [6.45, 7) is 0. The molecule has 11 heteroatoms. The van der Waals surface area contributed by atoms with Gasteiger partial charge in [0, 0.05) is 15.0 Å². The summed E-state index contributed by atoms with van der Waals surface area (Å²) in [5, 5.41) is 25.8. The molecule has 0 aliphatic carbocycles. The van der Waals surface area contributed by atoms with E-state index >= 15 is 0 Å². The number of hydrogen-bond acceptors (Lipinski definition) is 5. The number of azide groups is 1. The zero-order chi connectivity index (χ0) is 18.7. The highest BCUT2D eigenvalue weighted by Crippen LogP contribution is 2.37. The van der Waals surface area contributed by atoms with E-state index < -0.39 is 15.9 Å². The first-order chi connectivity index (χ1) is 12.5. The van der Waals surface area contributed by atoms with Gasteiger partial charge in [-0.05, 0) is 29.8 Å². The van der Waals surface area contributed by atoms with Gasteiger partial charge in [-0.15, -0.1) is 0 Å². The first kappa shape index (κ1) is 17.0. The van der Waals surface area contributed by atoms with Crippen LogP contribution in [-0.4, -0.2) is 18.2 Å². The van der Waals surface area contributed by atoms with Crippen LogP contribution in [0.15, 0.2) is 64.0 Å². The molecule has 10 nitrogen and oxygen atoms in total. The third kappa shape index (κ3) is 2.93. The molecule has 2 aromatic carbocycles. The fourth-order valence-corrected chi connectivity index (χ4v) is 2.97. The van der Waals surface area contributed by atoms with Crippen molar-refractivity contribution in [2.24, 2.45) is 4.52 Å². The van der Waals surface area contributed by atoms with Gasteiger partial charge in [0.05, 0.1) is 16.5 Å². The van der Waals surface area contributed by atoms with Gasteiger partial charge in [-0.1, -0.05) is 30.3 Å². The second-order valence-corrected chi connectivity index (χ2v) is 6.61. The normalized spacial score (nSPS) is 10.7. The number of sulfonamides is 1. The summed E-state index contributed by atoms with van der Waals surface area (Å²) in [4.78, 5) is 5.07. The van der Waals surface area contributed by atoms with Crippen LogP contribution in [0.1, 0.15) is 0 Å². The van der Waals surface area contributed by atoms with E-state index in [1.165, 1.54) is 24.3 Å². The lowest BCUT2D eigenvalue weighted by atomic mass is 10.1. The largest absolute Gasteiger partial charge is 0.853 e. The molecule has 1 aromatic heterocycles. The second kappa shape index (κ2) is 6.56. The maximum absolute atomic E-state index is 12.4. The van der Waals surface area contributed by atoms with Crippen molar-refractivity contribution in [1.82, 2.24) is 9.78 Å². The first-order valence-electron chi connectivity index (χ1n) is 7.10. The van der Waals surface area contributed by atoms with E-state index in [9.17, 15) is 18.9 Å². The number of rotatable bonds is 4. The van der Waals surface area contributed by atoms with Crippen LogP contribution in [0, 0.1) is 5.39 Å². The molecule has 0 fully saturated rings. The Bertz CT molecular complexity index is 1160. The van der Waals surface area contributed by atoms with Crippen molar-refractivity contribution in [3.8, 4) is 22.8 Å². The van der Waals surface area contributed by atoms with E-state index in [0.717, 1.165) is 4.68 Å². The number of hydrogen-bond donors (Lipinski definition) is 0. The monoisotopic (exact) mass is 367 g/mol. The molecule has 0 saturated carbocycles. The molecule has 0 saturated heterocycles. The van der Waals surface area contributed by atoms with Gasteiger partial charge in [0.2, 0.25) is 5.39 Å². The van der Waals surface area contributed by atoms with Crippen molar-refractivity contribution in [3.63, 3.8) is 0 Å². The van der Waals surface area contributed by atoms with Gasteiger partial charge in [-0.2, -0.15) is 5.10 Å². The molecule has 3 rings (SSSR count). The summed E-state index contributed by atoms with van der Waals surface area (Å²) in [7, 11) is -4.13. The lowest BCUT2D eigenvalue weighted by molar-refractivity contribution is -0.276. The molecule has 0 N–H and O–H groups in total. The van der Waals surface area contributed by atoms with E-state index in [-0.39, 0.29) is 22.0 Å². The molecular weight excluding hydrogens is 358 g/mol. The minimum atomic E-state index is -4.13. The standard InChI is InChI=1S/C15H9N7O3S/c16-18-14-13(10-4-2-1-3-5-10)19-22(15(14)23)11-6-8-12(9-7-11)26(24,25)21-20-17/h1-9H. The van der Waals surface area contributed by atoms with Crippen LogP contribution >= 0.6 is 0 Å². The third-order valence-electron chi connectivity index (χ3n) is 3.49. The number of benzene rings is 2. The van der Waals surface area contributed by atoms with E-state index in [0.29, 0.717) is 5.56 Å². The zero-order valence-corrected chi connectivity index (χ0v) is 13.8. The number of diazo groups is 1. The molecule has 0 atom stereocenters. The fraction of sp³-hybridized carbons (Fsp3) is 0. The van der Waals surface area contributed by atoms with Gasteiger partial charge < -0.3 is 5.11 Å². The Balaban J connectivity index is 2.10. The average Bonchev–Trinajstić information content (AvgIpc) is 2.99. The van der Waals surface area contributed by atoms with Crippen molar-refractivity contribution < 1.29 is 13.5 Å². The van der Waals surface area contributed by atoms with E-state index in [1.807, 2.05) is 0 Å². The van der Waals surface area contributed by atoms with E-state index in [1.54, 1.807) is 30.3 Å². The zero-order valence-electron chi connectivity index (χ0n) is 13.0. The van der Waals surface area contributed by atoms with Crippen molar-refractivity contribution in [2.45, 2.75) is 4.90 Å². The van der Waals surface area contributed by atoms with Gasteiger partial charge in [0.15, 0.2) is 10.7 Å². The number of nitrogens with zero attached hydrogens (tertiary/aromatic N) is 7. The van der Waals surface area contributed by atoms with E-state index in [2.05, 4.69) is 19.5 Å². The Morgan fingerprint density at radius 3 is 2.35 bits per heavy atom. The summed E-state index contributed by atoms with van der Waals surface area (Å²) in [5.74, 6) is -0.669. The van der Waals surface area contributed by atoms with Crippen molar-refractivity contribution >= 4 is 15.7 Å². The minimum Gasteiger partial charge on any atom is -0.853 e. The molecule has 1 heterocycles. The smallest absolute Gasteiger partial charge is 0.423 e. The molecular formula is C15H9N7O3S. The molecule has 0 spiro atoms. The Hall–Kier alpha value is -3.87. The summed E-state index contributed by atoms with van der Waals surface area (Å²) < 4.78 is 27.1. The van der Waals surface area contributed by atoms with Gasteiger partial charge >= 0.3 is 5.69 Å². The predicted octanol–water partition coefficient (Wildman–Crippen LogP) is 3.10. The van der Waals surface area contributed by atoms with Crippen LogP contribution in [0.2, 0.25) is 0 Å². The highest BCUT2D eigenvalue weighted by Gasteiger charge is 2.24. The van der Waals surface area contributed by atoms with Gasteiger partial charge in [-0.25, -0.2) is 13.1 Å². The average molecular weight is 367 g/mol. The molecule has 0 radical (unpaired) electrons. The van der Waals surface area contributed by atoms with Crippen LogP contribution < -0.4 is 5.11 Å². The lowest BCUT2D eigenvalue weighted by Gasteiger charge is -2.08. The molecule has 0 unspecified atom stereocenters. The second-order valence-electron chi connectivity index (χ2n) is 5.02. The predicted molar refractivity (Wildman–Crippen MR) is 89.5 cm³/mol. The van der Waals surface area contributed by atoms with E-state index in [4.69, 9.17) is 5.53 Å². The Kier molecular flexibility index (Phi) is 4.28. The van der Waals surface area contributed by atoms with Crippen LogP contribution in [-0.2, 0) is 10.0 Å². The Morgan fingerprint density at radius 1 is 1.12 bits per heavy atom. The SMILES string of the molecule is N#[N+]c1c(-c2ccccc2)nn(-c2ccc(S(=O)(=O)N=[N+]=[N-])cc2)c1[O-]. The van der Waals surface area contributed by atoms with Crippen molar-refractivity contribution in [3.05, 3.63) is 70.0 Å². The van der Waals surface area contributed by atoms with Crippen molar-refractivity contribution in [2.75, 3.05) is 0 Å². The number of aromatic nitrogens is 2. The summed E-state index contributed by atoms with van der Waals surface area (Å²) in [5.41, 5.74) is 9.07. The third-order valence-corrected chi connectivity index (χ3v) is 4.65. The fourth-order valence-electron chi connectivity index (χ4n) is 2.30. The molecule has 26 heavy (non-hydrogen) atoms. The van der Waals surface area contributed by atoms with Crippen molar-refractivity contribution in [1.29, 1.82) is 5.39 Å². The molecule has 3 aromatic rings. The molecule has 0 bridgehead atoms. The minimum absolute atomic E-state index is 0.184. The highest BCUT2D eigenvalue weighted by atomic mass is 32.2. The molecule has 0 aliphatic rings. The lowest BCUT2D eigenvalue weighted by Crippen LogP contribution is -2.04. The van der Waals surface area contributed by atoms with Crippen LogP contribution in [0.25, 0.3) is 32.4 Å². The van der Waals surface area contributed by atoms with Crippen LogP contribution in [0.3, 0.4) is 0 Å². The molecule has 0 aliphatic heterocycles. The maximum atomic E-state index is 12.4. The summed E-state index contributed by atoms with van der Waals surface area (Å²) in [6.07, 6.45) is 0. The summed E-state index contributed by atoms with van der Waals surface area (Å²) in [6, 6.07) is 13.7. The quantitative estimate of drug-likeness (QED) is 0.300. The highest BCUT2D eigenvalue weighted by molar-refractivity contribution is 7.90. The molecule has 0 amide bonds. The van der Waals surface area contributed by atoms with Crippen LogP contribution in [0.4, 0.5) is 5.69 Å². The van der Waals surface area contributed by atoms with Crippen LogP contribution in [0.5, 0.6) is 5.88 Å². The van der Waals surface area contributed by atoms with Gasteiger partial charge in [-0.3, -0.25) is 0 Å². The molecule has 128 valence electrons. The summed E-state index contributed by atoms with van der Waals surface area (Å²) >= 11 is 0. The Morgan fingerprint density at radius 2 is 1.77 bits per heavy atom. The Labute approximate surface area is 147 Å². The first-order valence-corrected chi connectivity index (χ1v) is 8.54. The van der Waals surface area contributed by atoms with Gasteiger partial charge in [0.1, 0.15) is 0 Å². The maximum Gasteiger partial charge on any atom is 0.423 e. The topological polar surface area (TPSA) is 152 Å². The van der Waals surface area contributed by atoms with Gasteiger partial charge in [0.25, 0.3) is 10.0 Å².